The van der Waals surface area contributed by atoms with Crippen LogP contribution in [-0.4, -0.2) is 27.8 Å². The maximum atomic E-state index is 11.4. The summed E-state index contributed by atoms with van der Waals surface area (Å²) in [6.45, 7) is 0. The predicted molar refractivity (Wildman–Crippen MR) is 55.3 cm³/mol. The topological polar surface area (TPSA) is 87.0 Å². The third-order valence-electron chi connectivity index (χ3n) is 1.62. The first-order chi connectivity index (χ1) is 7.06. The van der Waals surface area contributed by atoms with Crippen LogP contribution in [0.2, 0.25) is 0 Å². The molecular weight excluding hydrogens is 266 g/mol. The number of carboxylic acid groups (broad SMARTS) is 1. The van der Waals surface area contributed by atoms with E-state index in [4.69, 9.17) is 10.3 Å². The maximum absolute atomic E-state index is 11.4. The Morgan fingerprint density at radius 1 is 1.20 bits per heavy atom. The molecule has 0 saturated carbocycles. The van der Waals surface area contributed by atoms with E-state index in [-0.39, 0.29) is 5.56 Å². The van der Waals surface area contributed by atoms with E-state index in [1.54, 1.807) is 12.1 Å². The summed E-state index contributed by atoms with van der Waals surface area (Å²) in [6.07, 6.45) is 0. The van der Waals surface area contributed by atoms with Crippen LogP contribution < -0.4 is 0 Å². The minimum Gasteiger partial charge on any atom is -0.476 e. The zero-order chi connectivity index (χ0) is 11.4. The number of rotatable bonds is 3. The van der Waals surface area contributed by atoms with Gasteiger partial charge in [-0.05, 0) is 24.3 Å². The molecule has 0 aliphatic carbocycles. The molecular formula is C9H6BrNO4. The number of carbonyl (C=O) groups is 2. The highest BCUT2D eigenvalue weighted by molar-refractivity contribution is 9.10. The second-order valence-corrected chi connectivity index (χ2v) is 3.51. The summed E-state index contributed by atoms with van der Waals surface area (Å²) in [5, 5.41) is 19.3. The van der Waals surface area contributed by atoms with Crippen LogP contribution in [-0.2, 0) is 4.79 Å². The molecule has 1 aromatic carbocycles. The molecule has 0 fully saturated rings. The molecule has 0 saturated heterocycles. The molecule has 0 aliphatic rings. The van der Waals surface area contributed by atoms with E-state index in [1.807, 2.05) is 0 Å². The number of hydrogen-bond donors (Lipinski definition) is 2. The Bertz CT molecular complexity index is 424. The number of ketones is 1. The van der Waals surface area contributed by atoms with Gasteiger partial charge < -0.3 is 10.3 Å². The molecule has 0 aromatic heterocycles. The van der Waals surface area contributed by atoms with Crippen LogP contribution in [0.1, 0.15) is 10.4 Å². The summed E-state index contributed by atoms with van der Waals surface area (Å²) >= 11 is 3.17. The van der Waals surface area contributed by atoms with Gasteiger partial charge in [0, 0.05) is 10.0 Å². The molecule has 1 aromatic rings. The van der Waals surface area contributed by atoms with Crippen molar-refractivity contribution in [2.75, 3.05) is 0 Å². The van der Waals surface area contributed by atoms with Gasteiger partial charge in [0.25, 0.3) is 0 Å². The van der Waals surface area contributed by atoms with Crippen molar-refractivity contribution in [1.29, 1.82) is 0 Å². The number of Topliss-reactive ketones (excluding diaryl/α,β-unsaturated/α-hetero) is 1. The fourth-order valence-corrected chi connectivity index (χ4v) is 1.19. The fourth-order valence-electron chi connectivity index (χ4n) is 0.923. The predicted octanol–water partition coefficient (Wildman–Crippen LogP) is 1.55. The minimum atomic E-state index is -1.56. The Morgan fingerprint density at radius 2 is 1.73 bits per heavy atom. The summed E-state index contributed by atoms with van der Waals surface area (Å²) in [5.74, 6) is -2.40. The summed E-state index contributed by atoms with van der Waals surface area (Å²) in [4.78, 5) is 21.9. The molecule has 0 bridgehead atoms. The number of halogens is 1. The molecule has 0 amide bonds. The van der Waals surface area contributed by atoms with E-state index in [9.17, 15) is 9.59 Å². The molecule has 78 valence electrons. The number of nitrogens with zero attached hydrogens (tertiary/aromatic N) is 1. The lowest BCUT2D eigenvalue weighted by molar-refractivity contribution is -0.129. The van der Waals surface area contributed by atoms with Gasteiger partial charge in [0.05, 0.1) is 0 Å². The second kappa shape index (κ2) is 4.70. The van der Waals surface area contributed by atoms with Gasteiger partial charge in [-0.2, -0.15) is 0 Å². The van der Waals surface area contributed by atoms with Gasteiger partial charge in [-0.1, -0.05) is 21.1 Å². The van der Waals surface area contributed by atoms with Gasteiger partial charge in [0.15, 0.2) is 0 Å². The molecule has 0 heterocycles. The Kier molecular flexibility index (Phi) is 3.56. The van der Waals surface area contributed by atoms with Crippen molar-refractivity contribution in [1.82, 2.24) is 0 Å². The quantitative estimate of drug-likeness (QED) is 0.287. The Hall–Kier alpha value is -1.69. The van der Waals surface area contributed by atoms with E-state index in [1.165, 1.54) is 12.1 Å². The zero-order valence-electron chi connectivity index (χ0n) is 7.35. The number of benzene rings is 1. The van der Waals surface area contributed by atoms with Crippen LogP contribution in [0.5, 0.6) is 0 Å². The molecule has 0 atom stereocenters. The first-order valence-corrected chi connectivity index (χ1v) is 4.61. The van der Waals surface area contributed by atoms with Crippen molar-refractivity contribution in [2.45, 2.75) is 0 Å². The van der Waals surface area contributed by atoms with Crippen LogP contribution >= 0.6 is 15.9 Å². The Morgan fingerprint density at radius 3 is 2.13 bits per heavy atom. The normalized spacial score (nSPS) is 11.1. The molecule has 15 heavy (non-hydrogen) atoms. The lowest BCUT2D eigenvalue weighted by atomic mass is 10.1. The zero-order valence-corrected chi connectivity index (χ0v) is 8.93. The van der Waals surface area contributed by atoms with E-state index in [0.29, 0.717) is 0 Å². The highest BCUT2D eigenvalue weighted by Crippen LogP contribution is 2.11. The van der Waals surface area contributed by atoms with E-state index in [2.05, 4.69) is 21.1 Å². The van der Waals surface area contributed by atoms with Crippen LogP contribution in [0.25, 0.3) is 0 Å². The van der Waals surface area contributed by atoms with Gasteiger partial charge >= 0.3 is 5.97 Å². The van der Waals surface area contributed by atoms with Crippen molar-refractivity contribution in [3.05, 3.63) is 34.3 Å². The average Bonchev–Trinajstić information content (AvgIpc) is 2.19. The van der Waals surface area contributed by atoms with Crippen LogP contribution in [0.15, 0.2) is 33.9 Å². The lowest BCUT2D eigenvalue weighted by Crippen LogP contribution is -2.23. The molecule has 0 spiro atoms. The monoisotopic (exact) mass is 271 g/mol. The van der Waals surface area contributed by atoms with Crippen molar-refractivity contribution >= 4 is 33.4 Å². The third-order valence-corrected chi connectivity index (χ3v) is 2.15. The molecule has 1 rings (SSSR count). The number of hydrogen-bond acceptors (Lipinski definition) is 4. The van der Waals surface area contributed by atoms with Crippen molar-refractivity contribution < 1.29 is 19.9 Å². The SMILES string of the molecule is O=C(O)/C(=N\O)C(=O)c1ccc(Br)cc1. The average molecular weight is 272 g/mol. The molecule has 0 radical (unpaired) electrons. The first-order valence-electron chi connectivity index (χ1n) is 3.82. The number of aliphatic carboxylic acids is 1. The summed E-state index contributed by atoms with van der Waals surface area (Å²) in [6, 6.07) is 6.04. The largest absolute Gasteiger partial charge is 0.476 e. The molecule has 0 aliphatic heterocycles. The molecule has 2 N–H and O–H groups in total. The number of oxime groups is 1. The third kappa shape index (κ3) is 2.63. The van der Waals surface area contributed by atoms with Crippen molar-refractivity contribution in [3.63, 3.8) is 0 Å². The Labute approximate surface area is 93.2 Å². The van der Waals surface area contributed by atoms with E-state index >= 15 is 0 Å². The number of carboxylic acids is 1. The fraction of sp³-hybridized carbons (Fsp3) is 0. The lowest BCUT2D eigenvalue weighted by Gasteiger charge is -1.99. The minimum absolute atomic E-state index is 0.147. The standard InChI is InChI=1S/C9H6BrNO4/c10-6-3-1-5(2-4-6)8(12)7(11-15)9(13)14/h1-4,15H,(H,13,14)/b11-7-. The van der Waals surface area contributed by atoms with Crippen molar-refractivity contribution in [2.24, 2.45) is 5.16 Å². The smallest absolute Gasteiger partial charge is 0.362 e. The molecule has 0 unspecified atom stereocenters. The number of carbonyl (C=O) groups excluding carboxylic acids is 1. The van der Waals surface area contributed by atoms with Crippen LogP contribution in [0, 0.1) is 0 Å². The first kappa shape index (κ1) is 11.4. The maximum Gasteiger partial charge on any atom is 0.362 e. The highest BCUT2D eigenvalue weighted by Gasteiger charge is 2.21. The van der Waals surface area contributed by atoms with Crippen LogP contribution in [0.4, 0.5) is 0 Å². The van der Waals surface area contributed by atoms with Gasteiger partial charge in [-0.15, -0.1) is 0 Å². The summed E-state index contributed by atoms with van der Waals surface area (Å²) in [7, 11) is 0. The van der Waals surface area contributed by atoms with Gasteiger partial charge in [-0.3, -0.25) is 4.79 Å². The van der Waals surface area contributed by atoms with E-state index in [0.717, 1.165) is 4.47 Å². The van der Waals surface area contributed by atoms with Gasteiger partial charge in [0.1, 0.15) is 0 Å². The van der Waals surface area contributed by atoms with Crippen LogP contribution in [0.3, 0.4) is 0 Å². The van der Waals surface area contributed by atoms with Crippen molar-refractivity contribution in [3.8, 4) is 0 Å². The Balaban J connectivity index is 3.04. The molecule has 5 nitrogen and oxygen atoms in total. The summed E-state index contributed by atoms with van der Waals surface area (Å²) in [5.41, 5.74) is -0.759. The van der Waals surface area contributed by atoms with Gasteiger partial charge in [0.2, 0.25) is 11.5 Å². The molecule has 6 heteroatoms. The summed E-state index contributed by atoms with van der Waals surface area (Å²) < 4.78 is 0.761. The highest BCUT2D eigenvalue weighted by atomic mass is 79.9. The second-order valence-electron chi connectivity index (χ2n) is 2.59. The van der Waals surface area contributed by atoms with E-state index < -0.39 is 17.5 Å². The van der Waals surface area contributed by atoms with Gasteiger partial charge in [-0.25, -0.2) is 4.79 Å².